The summed E-state index contributed by atoms with van der Waals surface area (Å²) in [7, 11) is -3.69. The molecule has 2 aliphatic carbocycles. The van der Waals surface area contributed by atoms with Gasteiger partial charge >= 0.3 is 12.1 Å². The van der Waals surface area contributed by atoms with E-state index in [4.69, 9.17) is 16.3 Å². The molecule has 3 unspecified atom stereocenters. The van der Waals surface area contributed by atoms with Crippen LogP contribution in [-0.2, 0) is 29.0 Å². The summed E-state index contributed by atoms with van der Waals surface area (Å²) in [4.78, 5) is 12.5. The van der Waals surface area contributed by atoms with E-state index in [0.717, 1.165) is 59.6 Å². The number of rotatable bonds is 5. The van der Waals surface area contributed by atoms with Crippen molar-refractivity contribution in [3.63, 3.8) is 0 Å². The number of fused-ring (bicyclic) bond motifs is 3. The van der Waals surface area contributed by atoms with Crippen molar-refractivity contribution in [2.75, 3.05) is 0 Å². The molecule has 190 valence electrons. The predicted octanol–water partition coefficient (Wildman–Crippen LogP) is 6.11. The Labute approximate surface area is 215 Å². The van der Waals surface area contributed by atoms with Gasteiger partial charge in [0.25, 0.3) is 0 Å². The molecular weight excluding hydrogens is 535 g/mol. The molecule has 1 N–H and O–H groups in total. The molecule has 1 saturated carbocycles. The average Bonchev–Trinajstić information content (AvgIpc) is 3.37. The monoisotopic (exact) mass is 555 g/mol. The van der Waals surface area contributed by atoms with Crippen LogP contribution in [0.15, 0.2) is 58.8 Å². The van der Waals surface area contributed by atoms with Crippen LogP contribution in [0, 0.1) is 11.8 Å². The second-order valence-corrected chi connectivity index (χ2v) is 12.8. The molecule has 1 aromatic heterocycles. The number of thiophene rings is 1. The second-order valence-electron chi connectivity index (χ2n) is 9.11. The summed E-state index contributed by atoms with van der Waals surface area (Å²) in [6, 6.07) is 12.0. The summed E-state index contributed by atoms with van der Waals surface area (Å²) >= 11 is 6.94. The molecule has 5 rings (SSSR count). The number of hydrogen-bond acceptors (Lipinski definition) is 5. The third kappa shape index (κ3) is 5.18. The van der Waals surface area contributed by atoms with Crippen LogP contribution in [0.2, 0.25) is 4.34 Å². The Morgan fingerprint density at radius 3 is 2.25 bits per heavy atom. The second kappa shape index (κ2) is 9.48. The largest absolute Gasteiger partial charge is 0.423 e. The lowest BCUT2D eigenvalue weighted by Gasteiger charge is -2.23. The quantitative estimate of drug-likeness (QED) is 0.304. The molecule has 0 radical (unpaired) electrons. The van der Waals surface area contributed by atoms with E-state index in [1.165, 1.54) is 6.07 Å². The number of alkyl halides is 3. The lowest BCUT2D eigenvalue weighted by Crippen LogP contribution is -2.41. The Kier molecular flexibility index (Phi) is 6.65. The molecular formula is C25H21ClF3NO4S2. The van der Waals surface area contributed by atoms with Crippen molar-refractivity contribution in [2.24, 2.45) is 11.8 Å². The summed E-state index contributed by atoms with van der Waals surface area (Å²) in [6.07, 6.45) is -1.39. The van der Waals surface area contributed by atoms with Crippen molar-refractivity contribution in [2.45, 2.75) is 42.1 Å². The molecule has 0 saturated heterocycles. The van der Waals surface area contributed by atoms with Gasteiger partial charge < -0.3 is 4.74 Å². The van der Waals surface area contributed by atoms with Crippen LogP contribution in [0.4, 0.5) is 13.2 Å². The SMILES string of the molecule is O=C(Oc1ccc2c(c1)CC1CCC(C2)C1NS(=O)(=O)c1ccc(Cl)s1)c1ccc(C(F)(F)F)cc1. The highest BCUT2D eigenvalue weighted by Crippen LogP contribution is 2.42. The van der Waals surface area contributed by atoms with Gasteiger partial charge in [-0.2, -0.15) is 13.2 Å². The molecule has 1 fully saturated rings. The number of esters is 1. The molecule has 2 aliphatic rings. The van der Waals surface area contributed by atoms with Gasteiger partial charge in [-0.15, -0.1) is 11.3 Å². The van der Waals surface area contributed by atoms with Gasteiger partial charge in [-0.1, -0.05) is 17.7 Å². The summed E-state index contributed by atoms with van der Waals surface area (Å²) < 4.78 is 73.1. The van der Waals surface area contributed by atoms with Crippen molar-refractivity contribution in [3.05, 3.63) is 81.2 Å². The van der Waals surface area contributed by atoms with E-state index in [-0.39, 0.29) is 27.7 Å². The van der Waals surface area contributed by atoms with Crippen molar-refractivity contribution in [1.29, 1.82) is 0 Å². The summed E-state index contributed by atoms with van der Waals surface area (Å²) in [6.45, 7) is 0. The highest BCUT2D eigenvalue weighted by Gasteiger charge is 2.41. The number of benzene rings is 2. The lowest BCUT2D eigenvalue weighted by molar-refractivity contribution is -0.137. The topological polar surface area (TPSA) is 72.5 Å². The average molecular weight is 556 g/mol. The maximum atomic E-state index is 12.9. The highest BCUT2D eigenvalue weighted by atomic mass is 35.5. The molecule has 0 aliphatic heterocycles. The Morgan fingerprint density at radius 1 is 0.972 bits per heavy atom. The van der Waals surface area contributed by atoms with E-state index in [1.807, 2.05) is 6.07 Å². The van der Waals surface area contributed by atoms with E-state index in [9.17, 15) is 26.4 Å². The smallest absolute Gasteiger partial charge is 0.416 e. The molecule has 3 atom stereocenters. The fraction of sp³-hybridized carbons (Fsp3) is 0.320. The van der Waals surface area contributed by atoms with E-state index >= 15 is 0 Å². The number of sulfonamides is 1. The van der Waals surface area contributed by atoms with Crippen LogP contribution in [0.1, 0.15) is 39.9 Å². The van der Waals surface area contributed by atoms with Crippen molar-refractivity contribution in [3.8, 4) is 5.75 Å². The number of hydrogen-bond donors (Lipinski definition) is 1. The highest BCUT2D eigenvalue weighted by molar-refractivity contribution is 7.91. The zero-order valence-corrected chi connectivity index (χ0v) is 21.1. The molecule has 1 heterocycles. The molecule has 36 heavy (non-hydrogen) atoms. The first-order valence-corrected chi connectivity index (χ1v) is 14.0. The molecule has 2 aromatic carbocycles. The summed E-state index contributed by atoms with van der Waals surface area (Å²) in [5.74, 6) is -0.231. The van der Waals surface area contributed by atoms with Crippen LogP contribution in [0.3, 0.4) is 0 Å². The van der Waals surface area contributed by atoms with E-state index in [0.29, 0.717) is 22.9 Å². The van der Waals surface area contributed by atoms with E-state index in [1.54, 1.807) is 18.2 Å². The molecule has 0 spiro atoms. The normalized spacial score (nSPS) is 21.6. The van der Waals surface area contributed by atoms with Gasteiger partial charge in [0.05, 0.1) is 15.5 Å². The van der Waals surface area contributed by atoms with Crippen LogP contribution in [0.25, 0.3) is 0 Å². The first-order valence-electron chi connectivity index (χ1n) is 11.3. The fourth-order valence-corrected chi connectivity index (χ4v) is 7.96. The Morgan fingerprint density at radius 2 is 1.64 bits per heavy atom. The van der Waals surface area contributed by atoms with Gasteiger partial charge in [-0.25, -0.2) is 17.9 Å². The molecule has 3 aromatic rings. The Balaban J connectivity index is 1.31. The van der Waals surface area contributed by atoms with Crippen LogP contribution in [-0.4, -0.2) is 20.4 Å². The Bertz CT molecular complexity index is 1400. The van der Waals surface area contributed by atoms with Crippen molar-refractivity contribution in [1.82, 2.24) is 4.72 Å². The summed E-state index contributed by atoms with van der Waals surface area (Å²) in [5, 5.41) is 0. The zero-order valence-electron chi connectivity index (χ0n) is 18.7. The van der Waals surface area contributed by atoms with Crippen LogP contribution >= 0.6 is 22.9 Å². The molecule has 0 amide bonds. The molecule has 2 bridgehead atoms. The minimum atomic E-state index is -4.48. The minimum absolute atomic E-state index is 0.0140. The lowest BCUT2D eigenvalue weighted by atomic mass is 9.93. The number of halogens is 4. The Hall–Kier alpha value is -2.40. The number of ether oxygens (including phenoxy) is 1. The standard InChI is InChI=1S/C25H21ClF3NO4S2/c26-21-9-10-22(35-21)36(32,33)30-23-16-1-2-17(23)12-18-13-20(8-5-15(18)11-16)34-24(31)14-3-6-19(7-4-14)25(27,28)29/h3-10,13,16-17,23,30H,1-2,11-12H2. The fourth-order valence-electron chi connectivity index (χ4n) is 5.08. The number of nitrogens with one attached hydrogen (secondary N) is 1. The zero-order chi connectivity index (χ0) is 25.7. The van der Waals surface area contributed by atoms with Crippen molar-refractivity contribution < 1.29 is 31.1 Å². The first-order chi connectivity index (χ1) is 17.0. The van der Waals surface area contributed by atoms with E-state index < -0.39 is 27.7 Å². The number of carbonyl (C=O) groups is 1. The van der Waals surface area contributed by atoms with Crippen molar-refractivity contribution >= 4 is 38.9 Å². The number of carbonyl (C=O) groups excluding carboxylic acids is 1. The summed E-state index contributed by atoms with van der Waals surface area (Å²) in [5.41, 5.74) is 1.22. The van der Waals surface area contributed by atoms with Gasteiger partial charge in [0, 0.05) is 6.04 Å². The minimum Gasteiger partial charge on any atom is -0.423 e. The van der Waals surface area contributed by atoms with Gasteiger partial charge in [0.2, 0.25) is 10.0 Å². The van der Waals surface area contributed by atoms with Gasteiger partial charge in [-0.05, 0) is 97.2 Å². The van der Waals surface area contributed by atoms with Gasteiger partial charge in [-0.3, -0.25) is 0 Å². The van der Waals surface area contributed by atoms with Gasteiger partial charge in [0.15, 0.2) is 0 Å². The maximum absolute atomic E-state index is 12.9. The first kappa shape index (κ1) is 25.3. The third-order valence-electron chi connectivity index (χ3n) is 6.83. The third-order valence-corrected chi connectivity index (χ3v) is 10.0. The van der Waals surface area contributed by atoms with Crippen LogP contribution < -0.4 is 9.46 Å². The molecule has 11 heteroatoms. The molecule has 5 nitrogen and oxygen atoms in total. The maximum Gasteiger partial charge on any atom is 0.416 e. The van der Waals surface area contributed by atoms with E-state index in [2.05, 4.69) is 4.72 Å². The van der Waals surface area contributed by atoms with Gasteiger partial charge in [0.1, 0.15) is 9.96 Å². The predicted molar refractivity (Wildman–Crippen MR) is 130 cm³/mol. The van der Waals surface area contributed by atoms with Crippen LogP contribution in [0.5, 0.6) is 5.75 Å².